The number of carbonyl (C=O) groups excluding carboxylic acids is 1. The summed E-state index contributed by atoms with van der Waals surface area (Å²) in [6.45, 7) is 2.45. The SMILES string of the molecule is Cc1ccc(NS(C)(=O)=O)c(C(=O)Nc2ccc(NCc3ccccc3)c(Cl)c2)c1. The van der Waals surface area contributed by atoms with Crippen molar-refractivity contribution in [1.82, 2.24) is 0 Å². The van der Waals surface area contributed by atoms with Crippen LogP contribution in [0.1, 0.15) is 21.5 Å². The number of rotatable bonds is 7. The molecule has 3 aromatic carbocycles. The first-order valence-corrected chi connectivity index (χ1v) is 11.5. The van der Waals surface area contributed by atoms with Gasteiger partial charge in [-0.25, -0.2) is 8.42 Å². The lowest BCUT2D eigenvalue weighted by atomic mass is 10.1. The Balaban J connectivity index is 1.74. The molecule has 3 aromatic rings. The van der Waals surface area contributed by atoms with Crippen LogP contribution in [0.4, 0.5) is 17.1 Å². The molecule has 6 nitrogen and oxygen atoms in total. The minimum absolute atomic E-state index is 0.216. The Morgan fingerprint density at radius 1 is 0.967 bits per heavy atom. The molecule has 8 heteroatoms. The fourth-order valence-corrected chi connectivity index (χ4v) is 3.69. The summed E-state index contributed by atoms with van der Waals surface area (Å²) in [5.41, 5.74) is 3.64. The summed E-state index contributed by atoms with van der Waals surface area (Å²) in [5, 5.41) is 6.49. The number of benzene rings is 3. The third kappa shape index (κ3) is 5.98. The normalized spacial score (nSPS) is 11.0. The van der Waals surface area contributed by atoms with Crippen LogP contribution in [0.15, 0.2) is 66.7 Å². The van der Waals surface area contributed by atoms with Crippen LogP contribution < -0.4 is 15.4 Å². The third-order valence-corrected chi connectivity index (χ3v) is 5.17. The van der Waals surface area contributed by atoms with E-state index in [0.717, 1.165) is 23.1 Å². The van der Waals surface area contributed by atoms with Crippen molar-refractivity contribution >= 4 is 44.6 Å². The van der Waals surface area contributed by atoms with Crippen molar-refractivity contribution in [3.63, 3.8) is 0 Å². The van der Waals surface area contributed by atoms with E-state index in [1.165, 1.54) is 0 Å². The van der Waals surface area contributed by atoms with Gasteiger partial charge >= 0.3 is 0 Å². The van der Waals surface area contributed by atoms with Gasteiger partial charge in [-0.15, -0.1) is 0 Å². The van der Waals surface area contributed by atoms with Gasteiger partial charge in [0.1, 0.15) is 0 Å². The highest BCUT2D eigenvalue weighted by atomic mass is 35.5. The predicted molar refractivity (Wildman–Crippen MR) is 123 cm³/mol. The molecular formula is C22H22ClN3O3S. The lowest BCUT2D eigenvalue weighted by Gasteiger charge is -2.13. The molecule has 0 unspecified atom stereocenters. The second kappa shape index (κ2) is 9.19. The molecule has 0 aliphatic rings. The van der Waals surface area contributed by atoms with Crippen LogP contribution in [0.5, 0.6) is 0 Å². The summed E-state index contributed by atoms with van der Waals surface area (Å²) >= 11 is 6.36. The number of aryl methyl sites for hydroxylation is 1. The van der Waals surface area contributed by atoms with E-state index < -0.39 is 15.9 Å². The van der Waals surface area contributed by atoms with Crippen LogP contribution in [0.3, 0.4) is 0 Å². The second-order valence-corrected chi connectivity index (χ2v) is 9.07. The number of carbonyl (C=O) groups is 1. The molecule has 3 N–H and O–H groups in total. The molecular weight excluding hydrogens is 422 g/mol. The summed E-state index contributed by atoms with van der Waals surface area (Å²) in [6, 6.07) is 20.0. The highest BCUT2D eigenvalue weighted by Crippen LogP contribution is 2.27. The summed E-state index contributed by atoms with van der Waals surface area (Å²) < 4.78 is 25.6. The summed E-state index contributed by atoms with van der Waals surface area (Å²) in [4.78, 5) is 12.8. The minimum atomic E-state index is -3.52. The van der Waals surface area contributed by atoms with Crippen molar-refractivity contribution < 1.29 is 13.2 Å². The van der Waals surface area contributed by atoms with Gasteiger partial charge in [-0.3, -0.25) is 9.52 Å². The number of anilines is 3. The van der Waals surface area contributed by atoms with E-state index in [1.54, 1.807) is 36.4 Å². The van der Waals surface area contributed by atoms with Gasteiger partial charge in [-0.2, -0.15) is 0 Å². The zero-order valence-electron chi connectivity index (χ0n) is 16.6. The van der Waals surface area contributed by atoms with Crippen molar-refractivity contribution in [3.05, 3.63) is 88.4 Å². The Kier molecular flexibility index (Phi) is 6.64. The van der Waals surface area contributed by atoms with Crippen LogP contribution in [0.2, 0.25) is 5.02 Å². The molecule has 0 saturated heterocycles. The fourth-order valence-electron chi connectivity index (χ4n) is 2.86. The maximum Gasteiger partial charge on any atom is 0.257 e. The Morgan fingerprint density at radius 2 is 1.67 bits per heavy atom. The number of hydrogen-bond acceptors (Lipinski definition) is 4. The van der Waals surface area contributed by atoms with Crippen molar-refractivity contribution in [2.24, 2.45) is 0 Å². The number of halogens is 1. The first-order valence-electron chi connectivity index (χ1n) is 9.18. The van der Waals surface area contributed by atoms with Gasteiger partial charge < -0.3 is 10.6 Å². The smallest absolute Gasteiger partial charge is 0.257 e. The molecule has 0 spiro atoms. The monoisotopic (exact) mass is 443 g/mol. The molecule has 0 atom stereocenters. The average molecular weight is 444 g/mol. The molecule has 30 heavy (non-hydrogen) atoms. The molecule has 3 rings (SSSR count). The van der Waals surface area contributed by atoms with Gasteiger partial charge in [-0.1, -0.05) is 53.6 Å². The third-order valence-electron chi connectivity index (χ3n) is 4.27. The molecule has 0 aliphatic carbocycles. The topological polar surface area (TPSA) is 87.3 Å². The molecule has 0 radical (unpaired) electrons. The average Bonchev–Trinajstić information content (AvgIpc) is 2.68. The summed E-state index contributed by atoms with van der Waals surface area (Å²) in [5.74, 6) is -0.439. The largest absolute Gasteiger partial charge is 0.380 e. The summed E-state index contributed by atoms with van der Waals surface area (Å²) in [6.07, 6.45) is 1.04. The number of sulfonamides is 1. The number of hydrogen-bond donors (Lipinski definition) is 3. The van der Waals surface area contributed by atoms with Crippen LogP contribution >= 0.6 is 11.6 Å². The zero-order valence-corrected chi connectivity index (χ0v) is 18.1. The second-order valence-electron chi connectivity index (χ2n) is 6.91. The first kappa shape index (κ1) is 21.7. The maximum absolute atomic E-state index is 12.8. The van der Waals surface area contributed by atoms with Crippen molar-refractivity contribution in [1.29, 1.82) is 0 Å². The van der Waals surface area contributed by atoms with Gasteiger partial charge in [0.05, 0.1) is 28.2 Å². The quantitative estimate of drug-likeness (QED) is 0.485. The van der Waals surface area contributed by atoms with Crippen LogP contribution in [-0.4, -0.2) is 20.6 Å². The fraction of sp³-hybridized carbons (Fsp3) is 0.136. The van der Waals surface area contributed by atoms with Crippen LogP contribution in [0.25, 0.3) is 0 Å². The van der Waals surface area contributed by atoms with Crippen molar-refractivity contribution in [2.75, 3.05) is 21.6 Å². The molecule has 156 valence electrons. The van der Waals surface area contributed by atoms with Crippen LogP contribution in [-0.2, 0) is 16.6 Å². The minimum Gasteiger partial charge on any atom is -0.380 e. The maximum atomic E-state index is 12.8. The van der Waals surface area contributed by atoms with E-state index in [9.17, 15) is 13.2 Å². The van der Waals surface area contributed by atoms with E-state index in [1.807, 2.05) is 37.3 Å². The summed E-state index contributed by atoms with van der Waals surface area (Å²) in [7, 11) is -3.52. The first-order chi connectivity index (χ1) is 14.2. The highest BCUT2D eigenvalue weighted by Gasteiger charge is 2.15. The Bertz CT molecular complexity index is 1170. The van der Waals surface area contributed by atoms with Crippen LogP contribution in [0, 0.1) is 6.92 Å². The molecule has 1 amide bonds. The number of nitrogens with one attached hydrogen (secondary N) is 3. The molecule has 0 fully saturated rings. The Hall–Kier alpha value is -3.03. The standard InChI is InChI=1S/C22H22ClN3O3S/c1-15-8-10-20(26-30(2,28)29)18(12-15)22(27)25-17-9-11-21(19(23)13-17)24-14-16-6-4-3-5-7-16/h3-13,24,26H,14H2,1-2H3,(H,25,27). The van der Waals surface area contributed by atoms with E-state index in [0.29, 0.717) is 17.3 Å². The van der Waals surface area contributed by atoms with Gasteiger partial charge in [0, 0.05) is 12.2 Å². The molecule has 0 heterocycles. The molecule has 0 bridgehead atoms. The molecule has 0 aliphatic heterocycles. The van der Waals surface area contributed by atoms with E-state index >= 15 is 0 Å². The Morgan fingerprint density at radius 3 is 2.33 bits per heavy atom. The lowest BCUT2D eigenvalue weighted by molar-refractivity contribution is 0.102. The van der Waals surface area contributed by atoms with Gasteiger partial charge in [0.2, 0.25) is 10.0 Å². The number of amides is 1. The van der Waals surface area contributed by atoms with E-state index in [-0.39, 0.29) is 11.3 Å². The lowest BCUT2D eigenvalue weighted by Crippen LogP contribution is -2.17. The zero-order chi connectivity index (χ0) is 21.7. The molecule has 0 saturated carbocycles. The molecule has 0 aromatic heterocycles. The van der Waals surface area contributed by atoms with Crippen molar-refractivity contribution in [3.8, 4) is 0 Å². The van der Waals surface area contributed by atoms with Gasteiger partial charge in [0.15, 0.2) is 0 Å². The highest BCUT2D eigenvalue weighted by molar-refractivity contribution is 7.92. The van der Waals surface area contributed by atoms with E-state index in [4.69, 9.17) is 11.6 Å². The van der Waals surface area contributed by atoms with Gasteiger partial charge in [0.25, 0.3) is 5.91 Å². The Labute approximate surface area is 181 Å². The van der Waals surface area contributed by atoms with E-state index in [2.05, 4.69) is 15.4 Å². The predicted octanol–water partition coefficient (Wildman–Crippen LogP) is 4.88. The van der Waals surface area contributed by atoms with Gasteiger partial charge in [-0.05, 0) is 42.8 Å². The van der Waals surface area contributed by atoms with Crippen molar-refractivity contribution in [2.45, 2.75) is 13.5 Å².